The molecule has 3 fully saturated rings. The van der Waals surface area contributed by atoms with E-state index in [1.807, 2.05) is 19.3 Å². The van der Waals surface area contributed by atoms with Crippen LogP contribution in [0.2, 0.25) is 0 Å². The average molecular weight is 401 g/mol. The number of nitriles is 1. The molecule has 0 aromatic rings. The van der Waals surface area contributed by atoms with Gasteiger partial charge in [-0.2, -0.15) is 22.7 Å². The van der Waals surface area contributed by atoms with Crippen LogP contribution in [-0.2, 0) is 10.2 Å². The highest BCUT2D eigenvalue weighted by Crippen LogP contribution is 2.57. The summed E-state index contributed by atoms with van der Waals surface area (Å²) in [6.07, 6.45) is 9.83. The molecule has 0 aromatic carbocycles. The highest BCUT2D eigenvalue weighted by atomic mass is 32.2. The molecule has 5 rings (SSSR count). The molecule has 0 radical (unpaired) electrons. The summed E-state index contributed by atoms with van der Waals surface area (Å²) in [5.74, 6) is 2.02. The summed E-state index contributed by atoms with van der Waals surface area (Å²) in [6.45, 7) is 0.790. The largest absolute Gasteiger partial charge is 0.357 e. The molecular weight excluding hydrogens is 378 g/mol. The van der Waals surface area contributed by atoms with Crippen molar-refractivity contribution >= 4 is 22.4 Å². The lowest BCUT2D eigenvalue weighted by molar-refractivity contribution is 0.162. The van der Waals surface area contributed by atoms with Gasteiger partial charge in [-0.15, -0.1) is 0 Å². The van der Waals surface area contributed by atoms with Gasteiger partial charge in [-0.25, -0.2) is 9.98 Å². The Morgan fingerprint density at radius 1 is 1.46 bits per heavy atom. The smallest absolute Gasteiger partial charge is 0.279 e. The fourth-order valence-electron chi connectivity index (χ4n) is 4.51. The molecule has 1 saturated heterocycles. The number of aliphatic imine (C=N–C) groups is 2. The number of amidine groups is 1. The van der Waals surface area contributed by atoms with E-state index in [2.05, 4.69) is 37.1 Å². The van der Waals surface area contributed by atoms with Gasteiger partial charge in [-0.1, -0.05) is 6.08 Å². The van der Waals surface area contributed by atoms with E-state index in [0.717, 1.165) is 30.9 Å². The van der Waals surface area contributed by atoms with Gasteiger partial charge in [0.05, 0.1) is 17.4 Å². The first kappa shape index (κ1) is 17.8. The average Bonchev–Trinajstić information content (AvgIpc) is 3.02. The molecule has 148 valence electrons. The molecule has 1 unspecified atom stereocenters. The zero-order valence-corrected chi connectivity index (χ0v) is 16.4. The van der Waals surface area contributed by atoms with Crippen molar-refractivity contribution in [3.63, 3.8) is 0 Å². The predicted molar refractivity (Wildman–Crippen MR) is 104 cm³/mol. The maximum Gasteiger partial charge on any atom is 0.279 e. The molecule has 2 aliphatic carbocycles. The van der Waals surface area contributed by atoms with Crippen LogP contribution in [0.3, 0.4) is 0 Å². The van der Waals surface area contributed by atoms with Crippen LogP contribution < -0.4 is 10.0 Å². The third-order valence-electron chi connectivity index (χ3n) is 6.58. The Hall–Kier alpha value is -2.22. The number of hydrogen-bond donors (Lipinski definition) is 2. The standard InChI is InChI=1S/C18H23N7O2S/c1-24(16-4-12-2-3-20-17(12)22-11-21-16)15-5-14(6-15)23-28(26,27)25-8-13-7-18(13,9-19)10-25/h2-4,11-15,23H,5-8,10H2,1H3,(H,20,21,22)/t12?,13-,14-,15+,18-/m0/s1. The van der Waals surface area contributed by atoms with Crippen LogP contribution in [0.5, 0.6) is 0 Å². The number of nitrogens with one attached hydrogen (secondary N) is 2. The molecule has 0 amide bonds. The Kier molecular flexibility index (Phi) is 3.91. The lowest BCUT2D eigenvalue weighted by Crippen LogP contribution is -2.55. The van der Waals surface area contributed by atoms with Crippen molar-refractivity contribution in [1.82, 2.24) is 19.2 Å². The van der Waals surface area contributed by atoms with Gasteiger partial charge in [-0.05, 0) is 37.5 Å². The van der Waals surface area contributed by atoms with Gasteiger partial charge in [0.25, 0.3) is 10.2 Å². The van der Waals surface area contributed by atoms with E-state index in [9.17, 15) is 13.7 Å². The second kappa shape index (κ2) is 6.14. The first-order chi connectivity index (χ1) is 13.4. The third kappa shape index (κ3) is 2.85. The van der Waals surface area contributed by atoms with E-state index < -0.39 is 15.6 Å². The Bertz CT molecular complexity index is 957. The lowest BCUT2D eigenvalue weighted by atomic mass is 9.86. The zero-order chi connectivity index (χ0) is 19.5. The fraction of sp³-hybridized carbons (Fsp3) is 0.611. The lowest BCUT2D eigenvalue weighted by Gasteiger charge is -2.42. The topological polar surface area (TPSA) is 113 Å². The Morgan fingerprint density at radius 2 is 2.29 bits per heavy atom. The summed E-state index contributed by atoms with van der Waals surface area (Å²) in [7, 11) is -1.54. The first-order valence-electron chi connectivity index (χ1n) is 9.57. The minimum Gasteiger partial charge on any atom is -0.357 e. The van der Waals surface area contributed by atoms with Crippen molar-refractivity contribution in [3.05, 3.63) is 24.2 Å². The van der Waals surface area contributed by atoms with Crippen molar-refractivity contribution < 1.29 is 8.42 Å². The molecule has 2 N–H and O–H groups in total. The Morgan fingerprint density at radius 3 is 3.04 bits per heavy atom. The summed E-state index contributed by atoms with van der Waals surface area (Å²) in [4.78, 5) is 10.8. The van der Waals surface area contributed by atoms with E-state index in [1.165, 1.54) is 4.31 Å². The molecule has 2 saturated carbocycles. The van der Waals surface area contributed by atoms with E-state index >= 15 is 0 Å². The normalized spacial score (nSPS) is 38.3. The summed E-state index contributed by atoms with van der Waals surface area (Å²) in [6, 6.07) is 2.45. The first-order valence-corrected chi connectivity index (χ1v) is 11.0. The third-order valence-corrected chi connectivity index (χ3v) is 8.17. The van der Waals surface area contributed by atoms with Crippen LogP contribution in [0.25, 0.3) is 0 Å². The molecule has 10 heteroatoms. The number of nitrogens with zero attached hydrogens (tertiary/aromatic N) is 5. The van der Waals surface area contributed by atoms with Gasteiger partial charge >= 0.3 is 0 Å². The van der Waals surface area contributed by atoms with E-state index in [1.54, 1.807) is 6.34 Å². The minimum absolute atomic E-state index is 0.0809. The Balaban J connectivity index is 1.17. The molecule has 5 aliphatic rings. The monoisotopic (exact) mass is 401 g/mol. The maximum atomic E-state index is 12.6. The maximum absolute atomic E-state index is 12.6. The van der Waals surface area contributed by atoms with Crippen LogP contribution in [-0.4, -0.2) is 62.0 Å². The second-order valence-electron chi connectivity index (χ2n) is 8.33. The van der Waals surface area contributed by atoms with Crippen LogP contribution >= 0.6 is 0 Å². The molecule has 3 atom stereocenters. The van der Waals surface area contributed by atoms with Gasteiger partial charge in [0.2, 0.25) is 0 Å². The van der Waals surface area contributed by atoms with E-state index in [4.69, 9.17) is 0 Å². The van der Waals surface area contributed by atoms with Gasteiger partial charge in [0, 0.05) is 32.2 Å². The zero-order valence-electron chi connectivity index (χ0n) is 15.6. The van der Waals surface area contributed by atoms with Crippen molar-refractivity contribution in [1.29, 1.82) is 5.26 Å². The summed E-state index contributed by atoms with van der Waals surface area (Å²) in [5, 5.41) is 12.4. The van der Waals surface area contributed by atoms with E-state index in [-0.39, 0.29) is 23.9 Å². The predicted octanol–water partition coefficient (Wildman–Crippen LogP) is 0.144. The molecule has 9 nitrogen and oxygen atoms in total. The van der Waals surface area contributed by atoms with Crippen molar-refractivity contribution in [2.45, 2.75) is 31.3 Å². The molecule has 0 aromatic heterocycles. The molecule has 0 bridgehead atoms. The number of hydrogen-bond acceptors (Lipinski definition) is 7. The molecule has 0 spiro atoms. The van der Waals surface area contributed by atoms with Crippen molar-refractivity contribution in [2.24, 2.45) is 27.2 Å². The van der Waals surface area contributed by atoms with Crippen LogP contribution in [0.1, 0.15) is 19.3 Å². The molecule has 28 heavy (non-hydrogen) atoms. The molecule has 3 heterocycles. The molecular formula is C18H23N7O2S. The quantitative estimate of drug-likeness (QED) is 0.681. The summed E-state index contributed by atoms with van der Waals surface area (Å²) in [5.41, 5.74) is -0.425. The van der Waals surface area contributed by atoms with Gasteiger partial charge in [-0.3, -0.25) is 0 Å². The van der Waals surface area contributed by atoms with Gasteiger partial charge in [0.15, 0.2) is 0 Å². The van der Waals surface area contributed by atoms with E-state index in [0.29, 0.717) is 13.1 Å². The second-order valence-corrected chi connectivity index (χ2v) is 10.0. The highest BCUT2D eigenvalue weighted by molar-refractivity contribution is 7.87. The summed E-state index contributed by atoms with van der Waals surface area (Å²) < 4.78 is 29.5. The number of piperidine rings is 1. The SMILES string of the molecule is CN(C1=CC2C=CNC2=NC=N1)[C@H]1C[C@@H](NS(=O)(=O)N2C[C@@H]3C[C@]3(C#N)C2)C1. The Labute approximate surface area is 164 Å². The fourth-order valence-corrected chi connectivity index (χ4v) is 6.05. The summed E-state index contributed by atoms with van der Waals surface area (Å²) >= 11 is 0. The number of fused-ring (bicyclic) bond motifs is 2. The highest BCUT2D eigenvalue weighted by Gasteiger charge is 2.63. The van der Waals surface area contributed by atoms with Crippen molar-refractivity contribution in [2.75, 3.05) is 20.1 Å². The minimum atomic E-state index is -3.53. The van der Waals surface area contributed by atoms with Crippen molar-refractivity contribution in [3.8, 4) is 6.07 Å². The van der Waals surface area contributed by atoms with Crippen LogP contribution in [0.15, 0.2) is 34.2 Å². The van der Waals surface area contributed by atoms with Gasteiger partial charge in [0.1, 0.15) is 18.0 Å². The number of rotatable bonds is 5. The van der Waals surface area contributed by atoms with Crippen LogP contribution in [0.4, 0.5) is 0 Å². The van der Waals surface area contributed by atoms with Gasteiger partial charge < -0.3 is 10.2 Å². The molecule has 3 aliphatic heterocycles. The van der Waals surface area contributed by atoms with Crippen LogP contribution in [0, 0.1) is 28.6 Å².